The van der Waals surface area contributed by atoms with Crippen LogP contribution in [0.15, 0.2) is 16.6 Å². The van der Waals surface area contributed by atoms with Crippen LogP contribution in [0.3, 0.4) is 0 Å². The molecule has 0 bridgehead atoms. The molecule has 0 saturated carbocycles. The first-order valence-corrected chi connectivity index (χ1v) is 4.77. The molecule has 0 aliphatic heterocycles. The van der Waals surface area contributed by atoms with Crippen molar-refractivity contribution in [2.24, 2.45) is 0 Å². The maximum Gasteiger partial charge on any atom is 0.141 e. The van der Waals surface area contributed by atoms with Crippen LogP contribution in [0, 0.1) is 17.1 Å². The summed E-state index contributed by atoms with van der Waals surface area (Å²) in [7, 11) is 0. The van der Waals surface area contributed by atoms with E-state index in [4.69, 9.17) is 5.26 Å². The molecule has 14 heavy (non-hydrogen) atoms. The molecule has 2 nitrogen and oxygen atoms in total. The predicted molar refractivity (Wildman–Crippen MR) is 54.4 cm³/mol. The van der Waals surface area contributed by atoms with Gasteiger partial charge in [0.2, 0.25) is 0 Å². The molecule has 0 aliphatic carbocycles. The molecule has 74 valence electrons. The lowest BCUT2D eigenvalue weighted by Crippen LogP contribution is -2.14. The van der Waals surface area contributed by atoms with Crippen LogP contribution in [0.2, 0.25) is 0 Å². The standard InChI is InChI=1S/C10H9BrFNO/c1-10(2,5-13)6-3-7(12)9(11)8(14)4-6/h3-4,14H,1-2H3. The van der Waals surface area contributed by atoms with Crippen molar-refractivity contribution in [3.8, 4) is 11.8 Å². The second kappa shape index (κ2) is 3.58. The summed E-state index contributed by atoms with van der Waals surface area (Å²) in [5, 5.41) is 18.2. The van der Waals surface area contributed by atoms with Gasteiger partial charge >= 0.3 is 0 Å². The van der Waals surface area contributed by atoms with Gasteiger partial charge in [0.25, 0.3) is 0 Å². The monoisotopic (exact) mass is 257 g/mol. The minimum absolute atomic E-state index is 0.0231. The van der Waals surface area contributed by atoms with E-state index >= 15 is 0 Å². The molecule has 1 aromatic rings. The van der Waals surface area contributed by atoms with E-state index in [9.17, 15) is 9.50 Å². The Bertz CT molecular complexity index is 386. The highest BCUT2D eigenvalue weighted by Crippen LogP contribution is 2.32. The number of phenols is 1. The third-order valence-electron chi connectivity index (χ3n) is 2.01. The fourth-order valence-electron chi connectivity index (χ4n) is 1.000. The van der Waals surface area contributed by atoms with Gasteiger partial charge in [-0.15, -0.1) is 0 Å². The Morgan fingerprint density at radius 3 is 2.50 bits per heavy atom. The van der Waals surface area contributed by atoms with Crippen LogP contribution in [0.5, 0.6) is 5.75 Å². The molecular weight excluding hydrogens is 249 g/mol. The number of benzene rings is 1. The Labute approximate surface area is 90.1 Å². The van der Waals surface area contributed by atoms with Crippen molar-refractivity contribution < 1.29 is 9.50 Å². The van der Waals surface area contributed by atoms with E-state index in [-0.39, 0.29) is 10.2 Å². The summed E-state index contributed by atoms with van der Waals surface area (Å²) in [6, 6.07) is 4.67. The van der Waals surface area contributed by atoms with E-state index in [0.29, 0.717) is 5.56 Å². The van der Waals surface area contributed by atoms with Crippen LogP contribution >= 0.6 is 15.9 Å². The summed E-state index contributed by atoms with van der Waals surface area (Å²) in [6.45, 7) is 3.32. The lowest BCUT2D eigenvalue weighted by atomic mass is 9.86. The number of nitriles is 1. The normalized spacial score (nSPS) is 11.1. The molecule has 0 aromatic heterocycles. The molecule has 0 amide bonds. The molecule has 0 spiro atoms. The van der Waals surface area contributed by atoms with E-state index in [1.165, 1.54) is 12.1 Å². The maximum atomic E-state index is 13.2. The fourth-order valence-corrected chi connectivity index (χ4v) is 1.23. The highest BCUT2D eigenvalue weighted by atomic mass is 79.9. The SMILES string of the molecule is CC(C)(C#N)c1cc(O)c(Br)c(F)c1. The van der Waals surface area contributed by atoms with Gasteiger partial charge in [-0.3, -0.25) is 0 Å². The topological polar surface area (TPSA) is 44.0 Å². The Morgan fingerprint density at radius 1 is 1.50 bits per heavy atom. The molecule has 1 N–H and O–H groups in total. The third-order valence-corrected chi connectivity index (χ3v) is 2.80. The first-order chi connectivity index (χ1) is 6.38. The number of halogens is 2. The molecule has 1 aromatic carbocycles. The van der Waals surface area contributed by atoms with Gasteiger partial charge in [-0.05, 0) is 47.5 Å². The third kappa shape index (κ3) is 1.88. The van der Waals surface area contributed by atoms with Gasteiger partial charge in [0, 0.05) is 0 Å². The average Bonchev–Trinajstić information content (AvgIpc) is 2.13. The van der Waals surface area contributed by atoms with Crippen molar-refractivity contribution in [1.29, 1.82) is 5.26 Å². The van der Waals surface area contributed by atoms with E-state index < -0.39 is 11.2 Å². The molecule has 0 saturated heterocycles. The summed E-state index contributed by atoms with van der Waals surface area (Å²) in [6.07, 6.45) is 0. The van der Waals surface area contributed by atoms with Gasteiger partial charge in [-0.1, -0.05) is 0 Å². The summed E-state index contributed by atoms with van der Waals surface area (Å²) in [5.74, 6) is -0.758. The van der Waals surface area contributed by atoms with E-state index in [0.717, 1.165) is 0 Å². The van der Waals surface area contributed by atoms with Crippen molar-refractivity contribution in [1.82, 2.24) is 0 Å². The van der Waals surface area contributed by atoms with Crippen LogP contribution in [0.4, 0.5) is 4.39 Å². The van der Waals surface area contributed by atoms with Crippen LogP contribution in [-0.4, -0.2) is 5.11 Å². The minimum Gasteiger partial charge on any atom is -0.507 e. The lowest BCUT2D eigenvalue weighted by molar-refractivity contribution is 0.460. The van der Waals surface area contributed by atoms with E-state index in [1.54, 1.807) is 13.8 Å². The Balaban J connectivity index is 3.35. The lowest BCUT2D eigenvalue weighted by Gasteiger charge is -2.16. The first kappa shape index (κ1) is 11.0. The zero-order valence-electron chi connectivity index (χ0n) is 7.81. The highest BCUT2D eigenvalue weighted by molar-refractivity contribution is 9.10. The molecular formula is C10H9BrFNO. The van der Waals surface area contributed by atoms with Crippen molar-refractivity contribution in [2.45, 2.75) is 19.3 Å². The summed E-state index contributed by atoms with van der Waals surface area (Å²) in [4.78, 5) is 0. The van der Waals surface area contributed by atoms with Gasteiger partial charge in [-0.2, -0.15) is 5.26 Å². The molecule has 0 unspecified atom stereocenters. The molecule has 0 radical (unpaired) electrons. The van der Waals surface area contributed by atoms with Gasteiger partial charge < -0.3 is 5.11 Å². The number of rotatable bonds is 1. The fraction of sp³-hybridized carbons (Fsp3) is 0.300. The molecule has 1 rings (SSSR count). The second-order valence-corrected chi connectivity index (χ2v) is 4.32. The van der Waals surface area contributed by atoms with Crippen molar-refractivity contribution in [2.75, 3.05) is 0 Å². The van der Waals surface area contributed by atoms with Gasteiger partial charge in [0.1, 0.15) is 11.6 Å². The summed E-state index contributed by atoms with van der Waals surface area (Å²) >= 11 is 2.89. The molecule has 4 heteroatoms. The number of hydrogen-bond acceptors (Lipinski definition) is 2. The summed E-state index contributed by atoms with van der Waals surface area (Å²) < 4.78 is 13.2. The molecule has 0 atom stereocenters. The highest BCUT2D eigenvalue weighted by Gasteiger charge is 2.22. The minimum atomic E-state index is -0.807. The van der Waals surface area contributed by atoms with Gasteiger partial charge in [-0.25, -0.2) is 4.39 Å². The second-order valence-electron chi connectivity index (χ2n) is 3.53. The largest absolute Gasteiger partial charge is 0.507 e. The van der Waals surface area contributed by atoms with Crippen molar-refractivity contribution >= 4 is 15.9 Å². The van der Waals surface area contributed by atoms with Gasteiger partial charge in [0.05, 0.1) is 16.0 Å². The zero-order valence-corrected chi connectivity index (χ0v) is 9.39. The smallest absolute Gasteiger partial charge is 0.141 e. The molecule has 0 aliphatic rings. The summed E-state index contributed by atoms with van der Waals surface area (Å²) in [5.41, 5.74) is -0.350. The van der Waals surface area contributed by atoms with Crippen LogP contribution < -0.4 is 0 Å². The van der Waals surface area contributed by atoms with Crippen molar-refractivity contribution in [3.05, 3.63) is 28.0 Å². The Hall–Kier alpha value is -1.08. The van der Waals surface area contributed by atoms with Gasteiger partial charge in [0.15, 0.2) is 0 Å². The quantitative estimate of drug-likeness (QED) is 0.841. The van der Waals surface area contributed by atoms with Crippen LogP contribution in [-0.2, 0) is 5.41 Å². The number of hydrogen-bond donors (Lipinski definition) is 1. The number of aromatic hydroxyl groups is 1. The van der Waals surface area contributed by atoms with E-state index in [2.05, 4.69) is 15.9 Å². The van der Waals surface area contributed by atoms with Crippen molar-refractivity contribution in [3.63, 3.8) is 0 Å². The average molecular weight is 258 g/mol. The number of phenolic OH excluding ortho intramolecular Hbond substituents is 1. The first-order valence-electron chi connectivity index (χ1n) is 3.98. The molecule has 0 heterocycles. The Kier molecular flexibility index (Phi) is 2.81. The van der Waals surface area contributed by atoms with Crippen LogP contribution in [0.1, 0.15) is 19.4 Å². The number of nitrogens with zero attached hydrogens (tertiary/aromatic N) is 1. The van der Waals surface area contributed by atoms with E-state index in [1.807, 2.05) is 6.07 Å². The zero-order chi connectivity index (χ0) is 10.9. The molecule has 0 fully saturated rings. The van der Waals surface area contributed by atoms with Crippen LogP contribution in [0.25, 0.3) is 0 Å². The maximum absolute atomic E-state index is 13.2. The Morgan fingerprint density at radius 2 is 2.07 bits per heavy atom. The predicted octanol–water partition coefficient (Wildman–Crippen LogP) is 3.09.